The molecule has 98 valence electrons. The van der Waals surface area contributed by atoms with Crippen LogP contribution in [0, 0.1) is 4.91 Å². The fourth-order valence-electron chi connectivity index (χ4n) is 1.02. The lowest BCUT2D eigenvalue weighted by Gasteiger charge is -1.97. The molecule has 0 aliphatic heterocycles. The summed E-state index contributed by atoms with van der Waals surface area (Å²) >= 11 is 5.88. The fourth-order valence-corrected chi connectivity index (χ4v) is 1.22. The maximum Gasteiger partial charge on any atom is 0.206 e. The van der Waals surface area contributed by atoms with Gasteiger partial charge in [0.05, 0.1) is 5.02 Å². The minimum atomic E-state index is 0.272. The number of H-pyrrole nitrogens is 1. The van der Waals surface area contributed by atoms with Crippen molar-refractivity contribution in [2.45, 2.75) is 27.7 Å². The van der Waals surface area contributed by atoms with Crippen LogP contribution in [0.2, 0.25) is 5.02 Å². The van der Waals surface area contributed by atoms with Gasteiger partial charge in [0.15, 0.2) is 0 Å². The monoisotopic (exact) mass is 269 g/mol. The molecule has 0 aliphatic carbocycles. The molecule has 1 aromatic heterocycles. The minimum Gasteiger partial charge on any atom is -0.177 e. The topological polar surface area (TPSA) is 83.9 Å². The Labute approximate surface area is 111 Å². The molecule has 2 rings (SSSR count). The predicted molar refractivity (Wildman–Crippen MR) is 72.8 cm³/mol. The summed E-state index contributed by atoms with van der Waals surface area (Å²) in [4.78, 5) is 10.3. The number of nitrogens with zero attached hydrogens (tertiary/aromatic N) is 4. The molecular formula is C11H16ClN5O. The van der Waals surface area contributed by atoms with E-state index in [1.807, 2.05) is 27.7 Å². The third-order valence-electron chi connectivity index (χ3n) is 1.64. The third kappa shape index (κ3) is 4.21. The van der Waals surface area contributed by atoms with E-state index < -0.39 is 0 Å². The standard InChI is InChI=1S/C7H4ClN5O.2C2H6/c8-6-2-1-4(11-14)3-5(6)7-9-12-13-10-7;2*1-2/h1-3H,(H,9,10,12,13);2*1-2H3. The van der Waals surface area contributed by atoms with Crippen molar-refractivity contribution in [3.63, 3.8) is 0 Å². The van der Waals surface area contributed by atoms with Crippen LogP contribution in [0.5, 0.6) is 0 Å². The van der Waals surface area contributed by atoms with Gasteiger partial charge in [-0.25, -0.2) is 0 Å². The Morgan fingerprint density at radius 3 is 2.39 bits per heavy atom. The van der Waals surface area contributed by atoms with Crippen LogP contribution in [0.15, 0.2) is 23.4 Å². The molecule has 0 aliphatic rings. The number of halogens is 1. The van der Waals surface area contributed by atoms with Crippen molar-refractivity contribution in [2.75, 3.05) is 0 Å². The minimum absolute atomic E-state index is 0.272. The lowest BCUT2D eigenvalue weighted by Crippen LogP contribution is -1.82. The second kappa shape index (κ2) is 9.23. The first-order valence-electron chi connectivity index (χ1n) is 5.68. The Morgan fingerprint density at radius 2 is 1.89 bits per heavy atom. The van der Waals surface area contributed by atoms with Gasteiger partial charge in [0.25, 0.3) is 0 Å². The summed E-state index contributed by atoms with van der Waals surface area (Å²) in [6.45, 7) is 8.00. The summed E-state index contributed by atoms with van der Waals surface area (Å²) in [5, 5.41) is 16.4. The number of nitrogens with one attached hydrogen (secondary N) is 1. The zero-order valence-corrected chi connectivity index (χ0v) is 11.6. The van der Waals surface area contributed by atoms with Gasteiger partial charge in [0, 0.05) is 5.56 Å². The molecule has 0 atom stereocenters. The van der Waals surface area contributed by atoms with E-state index in [-0.39, 0.29) is 5.69 Å². The summed E-state index contributed by atoms with van der Waals surface area (Å²) in [7, 11) is 0. The number of hydrogen-bond donors (Lipinski definition) is 1. The van der Waals surface area contributed by atoms with E-state index in [2.05, 4.69) is 25.8 Å². The highest BCUT2D eigenvalue weighted by Gasteiger charge is 2.08. The first kappa shape index (κ1) is 16.2. The van der Waals surface area contributed by atoms with Crippen LogP contribution in [0.3, 0.4) is 0 Å². The molecule has 18 heavy (non-hydrogen) atoms. The van der Waals surface area contributed by atoms with E-state index in [0.29, 0.717) is 16.4 Å². The van der Waals surface area contributed by atoms with Crippen molar-refractivity contribution in [1.29, 1.82) is 0 Å². The number of aromatic amines is 1. The molecule has 7 heteroatoms. The molecule has 1 aromatic carbocycles. The first-order chi connectivity index (χ1) is 8.81. The van der Waals surface area contributed by atoms with Crippen LogP contribution in [-0.4, -0.2) is 20.6 Å². The molecule has 0 unspecified atom stereocenters. The molecule has 1 heterocycles. The van der Waals surface area contributed by atoms with Gasteiger partial charge in [-0.15, -0.1) is 15.1 Å². The second-order valence-corrected chi connectivity index (χ2v) is 2.90. The number of benzene rings is 1. The van der Waals surface area contributed by atoms with Crippen LogP contribution in [0.25, 0.3) is 11.4 Å². The van der Waals surface area contributed by atoms with Crippen LogP contribution in [0.4, 0.5) is 5.69 Å². The molecule has 6 nitrogen and oxygen atoms in total. The number of rotatable bonds is 2. The molecular weight excluding hydrogens is 254 g/mol. The van der Waals surface area contributed by atoms with E-state index in [4.69, 9.17) is 11.6 Å². The summed E-state index contributed by atoms with van der Waals surface area (Å²) < 4.78 is 0. The number of hydrogen-bond acceptors (Lipinski definition) is 5. The van der Waals surface area contributed by atoms with Crippen molar-refractivity contribution in [3.05, 3.63) is 28.1 Å². The van der Waals surface area contributed by atoms with Gasteiger partial charge in [-0.05, 0) is 28.6 Å². The third-order valence-corrected chi connectivity index (χ3v) is 1.97. The number of tetrazole rings is 1. The van der Waals surface area contributed by atoms with Gasteiger partial charge < -0.3 is 0 Å². The highest BCUT2D eigenvalue weighted by Crippen LogP contribution is 2.28. The van der Waals surface area contributed by atoms with E-state index in [1.54, 1.807) is 6.07 Å². The van der Waals surface area contributed by atoms with Crippen molar-refractivity contribution in [1.82, 2.24) is 20.6 Å². The summed E-state index contributed by atoms with van der Waals surface area (Å²) in [5.41, 5.74) is 0.798. The van der Waals surface area contributed by atoms with E-state index in [0.717, 1.165) is 0 Å². The Kier molecular flexibility index (Phi) is 8.30. The molecule has 0 spiro atoms. The number of nitroso groups, excluding NO2 is 1. The van der Waals surface area contributed by atoms with Gasteiger partial charge in [-0.2, -0.15) is 5.21 Å². The molecule has 2 aromatic rings. The van der Waals surface area contributed by atoms with Crippen molar-refractivity contribution in [2.24, 2.45) is 5.18 Å². The fraction of sp³-hybridized carbons (Fsp3) is 0.364. The summed E-state index contributed by atoms with van der Waals surface area (Å²) in [6, 6.07) is 4.57. The van der Waals surface area contributed by atoms with Crippen molar-refractivity contribution < 1.29 is 0 Å². The van der Waals surface area contributed by atoms with Crippen LogP contribution < -0.4 is 0 Å². The van der Waals surface area contributed by atoms with Crippen molar-refractivity contribution >= 4 is 17.3 Å². The highest BCUT2D eigenvalue weighted by molar-refractivity contribution is 6.33. The van der Waals surface area contributed by atoms with Gasteiger partial charge in [0.1, 0.15) is 5.69 Å². The van der Waals surface area contributed by atoms with Gasteiger partial charge in [-0.3, -0.25) is 0 Å². The van der Waals surface area contributed by atoms with Crippen LogP contribution >= 0.6 is 11.6 Å². The van der Waals surface area contributed by atoms with Gasteiger partial charge in [0.2, 0.25) is 5.82 Å². The maximum atomic E-state index is 10.3. The Hall–Kier alpha value is -1.82. The zero-order chi connectivity index (χ0) is 14.0. The Morgan fingerprint density at radius 1 is 1.22 bits per heavy atom. The summed E-state index contributed by atoms with van der Waals surface area (Å²) in [5.74, 6) is 0.334. The quantitative estimate of drug-likeness (QED) is 0.836. The molecule has 0 saturated heterocycles. The van der Waals surface area contributed by atoms with E-state index in [1.165, 1.54) is 12.1 Å². The molecule has 0 saturated carbocycles. The average molecular weight is 270 g/mol. The smallest absolute Gasteiger partial charge is 0.177 e. The predicted octanol–water partition coefficient (Wildman–Crippen LogP) is 3.97. The van der Waals surface area contributed by atoms with Crippen LogP contribution in [0.1, 0.15) is 27.7 Å². The first-order valence-corrected chi connectivity index (χ1v) is 6.06. The average Bonchev–Trinajstić information content (AvgIpc) is 2.98. The van der Waals surface area contributed by atoms with Gasteiger partial charge in [-0.1, -0.05) is 39.3 Å². The van der Waals surface area contributed by atoms with Gasteiger partial charge >= 0.3 is 0 Å². The normalized spacial score (nSPS) is 8.50. The lowest BCUT2D eigenvalue weighted by molar-refractivity contribution is 0.881. The zero-order valence-electron chi connectivity index (χ0n) is 10.8. The highest BCUT2D eigenvalue weighted by atomic mass is 35.5. The molecule has 0 fully saturated rings. The van der Waals surface area contributed by atoms with E-state index in [9.17, 15) is 4.91 Å². The van der Waals surface area contributed by atoms with E-state index >= 15 is 0 Å². The van der Waals surface area contributed by atoms with Crippen LogP contribution in [-0.2, 0) is 0 Å². The molecule has 0 amide bonds. The molecule has 0 radical (unpaired) electrons. The second-order valence-electron chi connectivity index (χ2n) is 2.49. The lowest BCUT2D eigenvalue weighted by atomic mass is 10.2. The Bertz CT molecular complexity index is 458. The molecule has 0 bridgehead atoms. The maximum absolute atomic E-state index is 10.3. The Balaban J connectivity index is 0.000000659. The molecule has 1 N–H and O–H groups in total. The number of aromatic nitrogens is 4. The van der Waals surface area contributed by atoms with Crippen molar-refractivity contribution in [3.8, 4) is 11.4 Å². The summed E-state index contributed by atoms with van der Waals surface area (Å²) in [6.07, 6.45) is 0. The SMILES string of the molecule is CC.CC.O=Nc1ccc(Cl)c(-c2nn[nH]n2)c1. The largest absolute Gasteiger partial charge is 0.206 e.